The molecule has 1 aromatic heterocycles. The largest absolute Gasteiger partial charge is 0.497 e. The van der Waals surface area contributed by atoms with Crippen LogP contribution in [0.15, 0.2) is 52.9 Å². The number of benzene rings is 2. The van der Waals surface area contributed by atoms with Gasteiger partial charge in [-0.05, 0) is 40.8 Å². The molecule has 0 N–H and O–H groups in total. The zero-order valence-corrected chi connectivity index (χ0v) is 17.6. The highest BCUT2D eigenvalue weighted by atomic mass is 16.5. The molecule has 0 saturated heterocycles. The van der Waals surface area contributed by atoms with E-state index < -0.39 is 0 Å². The highest BCUT2D eigenvalue weighted by Crippen LogP contribution is 2.25. The van der Waals surface area contributed by atoms with Gasteiger partial charge in [0.15, 0.2) is 0 Å². The fourth-order valence-electron chi connectivity index (χ4n) is 2.89. The Morgan fingerprint density at radius 3 is 2.28 bits per heavy atom. The fraction of sp³-hybridized carbons (Fsp3) is 0.348. The minimum atomic E-state index is -0.0237. The van der Waals surface area contributed by atoms with Gasteiger partial charge in [-0.3, -0.25) is 4.79 Å². The number of amides is 1. The molecule has 2 aromatic carbocycles. The van der Waals surface area contributed by atoms with Crippen molar-refractivity contribution < 1.29 is 13.9 Å². The second-order valence-corrected chi connectivity index (χ2v) is 8.10. The topological polar surface area (TPSA) is 68.5 Å². The second kappa shape index (κ2) is 8.47. The molecule has 0 fully saturated rings. The Morgan fingerprint density at radius 2 is 1.69 bits per heavy atom. The van der Waals surface area contributed by atoms with Crippen molar-refractivity contribution >= 4 is 5.91 Å². The van der Waals surface area contributed by atoms with Gasteiger partial charge >= 0.3 is 0 Å². The molecular formula is C23H27N3O3. The molecule has 29 heavy (non-hydrogen) atoms. The van der Waals surface area contributed by atoms with Crippen LogP contribution in [0.4, 0.5) is 0 Å². The zero-order chi connectivity index (χ0) is 21.0. The summed E-state index contributed by atoms with van der Waals surface area (Å²) in [6.45, 7) is 6.78. The normalized spacial score (nSPS) is 11.3. The predicted octanol–water partition coefficient (Wildman–Crippen LogP) is 4.24. The molecule has 3 rings (SSSR count). The molecule has 3 aromatic rings. The number of carbonyl (C=O) groups excluding carboxylic acids is 1. The molecule has 0 spiro atoms. The predicted molar refractivity (Wildman–Crippen MR) is 112 cm³/mol. The number of nitrogens with zero attached hydrogens (tertiary/aromatic N) is 3. The van der Waals surface area contributed by atoms with Gasteiger partial charge in [0.25, 0.3) is 0 Å². The van der Waals surface area contributed by atoms with Crippen LogP contribution in [0.25, 0.3) is 11.5 Å². The lowest BCUT2D eigenvalue weighted by molar-refractivity contribution is -0.130. The molecule has 6 heteroatoms. The second-order valence-electron chi connectivity index (χ2n) is 8.10. The summed E-state index contributed by atoms with van der Waals surface area (Å²) >= 11 is 0. The summed E-state index contributed by atoms with van der Waals surface area (Å²) in [6.07, 6.45) is 0.301. The van der Waals surface area contributed by atoms with E-state index in [1.54, 1.807) is 19.1 Å². The van der Waals surface area contributed by atoms with Gasteiger partial charge in [0, 0.05) is 12.6 Å². The number of methoxy groups -OCH3 is 1. The lowest BCUT2D eigenvalue weighted by Crippen LogP contribution is -2.27. The summed E-state index contributed by atoms with van der Waals surface area (Å²) < 4.78 is 10.9. The zero-order valence-electron chi connectivity index (χ0n) is 17.6. The SMILES string of the molecule is COc1ccc(CC(=O)N(C)Cc2nnc(-c3ccc(C(C)(C)C)cc3)o2)cc1. The summed E-state index contributed by atoms with van der Waals surface area (Å²) in [7, 11) is 3.35. The smallest absolute Gasteiger partial charge is 0.247 e. The van der Waals surface area contributed by atoms with Crippen LogP contribution in [0.3, 0.4) is 0 Å². The van der Waals surface area contributed by atoms with E-state index in [0.717, 1.165) is 16.9 Å². The summed E-state index contributed by atoms with van der Waals surface area (Å²) in [5, 5.41) is 8.21. The Bertz CT molecular complexity index is 954. The van der Waals surface area contributed by atoms with Crippen LogP contribution in [0, 0.1) is 0 Å². The summed E-state index contributed by atoms with van der Waals surface area (Å²) in [5.74, 6) is 1.61. The number of rotatable bonds is 6. The minimum Gasteiger partial charge on any atom is -0.497 e. The molecule has 0 atom stereocenters. The number of carbonyl (C=O) groups is 1. The minimum absolute atomic E-state index is 0.0237. The van der Waals surface area contributed by atoms with Gasteiger partial charge < -0.3 is 14.1 Å². The molecule has 0 unspecified atom stereocenters. The Labute approximate surface area is 171 Å². The quantitative estimate of drug-likeness (QED) is 0.626. The van der Waals surface area contributed by atoms with E-state index >= 15 is 0 Å². The lowest BCUT2D eigenvalue weighted by atomic mass is 9.87. The van der Waals surface area contributed by atoms with Gasteiger partial charge in [-0.25, -0.2) is 0 Å². The summed E-state index contributed by atoms with van der Waals surface area (Å²) in [6, 6.07) is 15.6. The number of ether oxygens (including phenoxy) is 1. The molecule has 6 nitrogen and oxygen atoms in total. The number of hydrogen-bond acceptors (Lipinski definition) is 5. The maximum atomic E-state index is 12.5. The first-order valence-corrected chi connectivity index (χ1v) is 9.56. The molecule has 0 bridgehead atoms. The first-order valence-electron chi connectivity index (χ1n) is 9.56. The maximum absolute atomic E-state index is 12.5. The van der Waals surface area contributed by atoms with Crippen LogP contribution < -0.4 is 4.74 Å². The highest BCUT2D eigenvalue weighted by Gasteiger charge is 2.17. The van der Waals surface area contributed by atoms with E-state index in [9.17, 15) is 4.79 Å². The van der Waals surface area contributed by atoms with Crippen molar-refractivity contribution in [3.05, 3.63) is 65.5 Å². The van der Waals surface area contributed by atoms with Crippen LogP contribution in [0.1, 0.15) is 37.8 Å². The molecule has 0 aliphatic carbocycles. The Hall–Kier alpha value is -3.15. The van der Waals surface area contributed by atoms with Crippen molar-refractivity contribution in [3.63, 3.8) is 0 Å². The van der Waals surface area contributed by atoms with Gasteiger partial charge in [0.1, 0.15) is 5.75 Å². The van der Waals surface area contributed by atoms with Crippen molar-refractivity contribution in [1.29, 1.82) is 0 Å². The van der Waals surface area contributed by atoms with Crippen LogP contribution in [0.2, 0.25) is 0 Å². The molecular weight excluding hydrogens is 366 g/mol. The van der Waals surface area contributed by atoms with Crippen molar-refractivity contribution in [2.24, 2.45) is 0 Å². The Kier molecular flexibility index (Phi) is 6.01. The Morgan fingerprint density at radius 1 is 1.03 bits per heavy atom. The molecule has 152 valence electrons. The first-order chi connectivity index (χ1) is 13.8. The number of aromatic nitrogens is 2. The van der Waals surface area contributed by atoms with E-state index in [1.807, 2.05) is 36.4 Å². The van der Waals surface area contributed by atoms with Crippen LogP contribution in [-0.4, -0.2) is 35.2 Å². The van der Waals surface area contributed by atoms with Crippen molar-refractivity contribution in [1.82, 2.24) is 15.1 Å². The fourth-order valence-corrected chi connectivity index (χ4v) is 2.89. The van der Waals surface area contributed by atoms with Gasteiger partial charge in [-0.2, -0.15) is 0 Å². The lowest BCUT2D eigenvalue weighted by Gasteiger charge is -2.18. The molecule has 0 radical (unpaired) electrons. The average Bonchev–Trinajstić information content (AvgIpc) is 3.16. The monoisotopic (exact) mass is 393 g/mol. The van der Waals surface area contributed by atoms with Crippen molar-refractivity contribution in [2.75, 3.05) is 14.2 Å². The van der Waals surface area contributed by atoms with Gasteiger partial charge in [0.2, 0.25) is 17.7 Å². The molecule has 0 aliphatic rings. The van der Waals surface area contributed by atoms with E-state index in [2.05, 4.69) is 43.1 Å². The summed E-state index contributed by atoms with van der Waals surface area (Å²) in [5.41, 5.74) is 3.12. The van der Waals surface area contributed by atoms with Crippen LogP contribution in [-0.2, 0) is 23.2 Å². The summed E-state index contributed by atoms with van der Waals surface area (Å²) in [4.78, 5) is 14.1. The highest BCUT2D eigenvalue weighted by molar-refractivity contribution is 5.78. The molecule has 1 heterocycles. The first kappa shape index (κ1) is 20.6. The van der Waals surface area contributed by atoms with E-state index in [0.29, 0.717) is 18.2 Å². The number of likely N-dealkylation sites (N-methyl/N-ethyl adjacent to an activating group) is 1. The number of hydrogen-bond donors (Lipinski definition) is 0. The average molecular weight is 393 g/mol. The van der Waals surface area contributed by atoms with Crippen molar-refractivity contribution in [3.8, 4) is 17.2 Å². The van der Waals surface area contributed by atoms with Gasteiger partial charge in [-0.15, -0.1) is 10.2 Å². The third kappa shape index (κ3) is 5.22. The molecule has 1 amide bonds. The molecule has 0 saturated carbocycles. The van der Waals surface area contributed by atoms with Gasteiger partial charge in [-0.1, -0.05) is 45.0 Å². The van der Waals surface area contributed by atoms with E-state index in [1.165, 1.54) is 5.56 Å². The third-order valence-corrected chi connectivity index (χ3v) is 4.78. The molecule has 0 aliphatic heterocycles. The van der Waals surface area contributed by atoms with Crippen LogP contribution in [0.5, 0.6) is 5.75 Å². The third-order valence-electron chi connectivity index (χ3n) is 4.78. The standard InChI is InChI=1S/C23H27N3O3/c1-23(2,3)18-10-8-17(9-11-18)22-25-24-20(29-22)15-26(4)21(27)14-16-6-12-19(28-5)13-7-16/h6-13H,14-15H2,1-5H3. The van der Waals surface area contributed by atoms with Gasteiger partial charge in [0.05, 0.1) is 20.1 Å². The Balaban J connectivity index is 1.62. The maximum Gasteiger partial charge on any atom is 0.247 e. The van der Waals surface area contributed by atoms with Crippen LogP contribution >= 0.6 is 0 Å². The van der Waals surface area contributed by atoms with E-state index in [-0.39, 0.29) is 17.9 Å². The van der Waals surface area contributed by atoms with E-state index in [4.69, 9.17) is 9.15 Å². The van der Waals surface area contributed by atoms with Crippen molar-refractivity contribution in [2.45, 2.75) is 39.2 Å².